The Hall–Kier alpha value is -2.86. The number of hydrogen-bond donors (Lipinski definition) is 1. The molecule has 0 aliphatic rings. The third kappa shape index (κ3) is 11.8. The van der Waals surface area contributed by atoms with Crippen molar-refractivity contribution in [2.24, 2.45) is 0 Å². The molecule has 1 N–H and O–H groups in total. The molecular weight excluding hydrogens is 504 g/mol. The Morgan fingerprint density at radius 2 is 1.56 bits per heavy atom. The van der Waals surface area contributed by atoms with Gasteiger partial charge in [0.1, 0.15) is 0 Å². The fourth-order valence-electron chi connectivity index (χ4n) is 4.78. The van der Waals surface area contributed by atoms with E-state index in [2.05, 4.69) is 28.4 Å². The summed E-state index contributed by atoms with van der Waals surface area (Å²) >= 11 is 1.65. The zero-order valence-electron chi connectivity index (χ0n) is 24.0. The minimum Gasteiger partial charge on any atom is -0.493 e. The highest BCUT2D eigenvalue weighted by molar-refractivity contribution is 7.07. The number of carbonyl (C=O) groups excluding carboxylic acids is 1. The van der Waals surface area contributed by atoms with Gasteiger partial charge in [-0.3, -0.25) is 4.79 Å². The summed E-state index contributed by atoms with van der Waals surface area (Å²) in [7, 11) is 1.65. The van der Waals surface area contributed by atoms with Gasteiger partial charge in [0.25, 0.3) is 0 Å². The number of unbranched alkanes of at least 4 members (excludes halogenated alkanes) is 11. The van der Waals surface area contributed by atoms with E-state index in [0.717, 1.165) is 29.8 Å². The molecule has 5 nitrogen and oxygen atoms in total. The molecule has 212 valence electrons. The topological polar surface area (TPSA) is 51.4 Å². The van der Waals surface area contributed by atoms with Crippen LogP contribution in [0.15, 0.2) is 59.6 Å². The third-order valence-corrected chi connectivity index (χ3v) is 7.69. The van der Waals surface area contributed by atoms with Crippen molar-refractivity contribution < 1.29 is 18.8 Å². The van der Waals surface area contributed by atoms with Gasteiger partial charge in [-0.1, -0.05) is 113 Å². The molecular formula is C33H47N2O3S+. The van der Waals surface area contributed by atoms with Gasteiger partial charge in [0.05, 0.1) is 31.2 Å². The Labute approximate surface area is 239 Å². The van der Waals surface area contributed by atoms with E-state index < -0.39 is 0 Å². The number of amides is 1. The van der Waals surface area contributed by atoms with Gasteiger partial charge in [-0.15, -0.1) is 0 Å². The normalized spacial score (nSPS) is 10.9. The molecule has 2 aromatic carbocycles. The summed E-state index contributed by atoms with van der Waals surface area (Å²) in [5, 5.41) is 5.14. The molecule has 1 aromatic heterocycles. The van der Waals surface area contributed by atoms with Crippen LogP contribution in [0.4, 0.5) is 5.69 Å². The molecule has 0 fully saturated rings. The molecule has 0 unspecified atom stereocenters. The molecule has 3 rings (SSSR count). The van der Waals surface area contributed by atoms with E-state index in [4.69, 9.17) is 9.47 Å². The van der Waals surface area contributed by atoms with Gasteiger partial charge in [-0.2, -0.15) is 4.57 Å². The first-order valence-corrected chi connectivity index (χ1v) is 15.7. The van der Waals surface area contributed by atoms with Crippen molar-refractivity contribution in [2.75, 3.05) is 19.0 Å². The van der Waals surface area contributed by atoms with Gasteiger partial charge in [0, 0.05) is 5.56 Å². The van der Waals surface area contributed by atoms with Crippen molar-refractivity contribution in [3.63, 3.8) is 0 Å². The quantitative estimate of drug-likeness (QED) is 0.113. The van der Waals surface area contributed by atoms with Crippen LogP contribution in [0.5, 0.6) is 11.5 Å². The molecule has 6 heteroatoms. The Morgan fingerprint density at radius 3 is 2.23 bits per heavy atom. The van der Waals surface area contributed by atoms with E-state index >= 15 is 0 Å². The van der Waals surface area contributed by atoms with Crippen LogP contribution >= 0.6 is 11.3 Å². The summed E-state index contributed by atoms with van der Waals surface area (Å²) in [4.78, 5) is 12.9. The lowest BCUT2D eigenvalue weighted by Crippen LogP contribution is -2.31. The van der Waals surface area contributed by atoms with Crippen molar-refractivity contribution in [2.45, 2.75) is 96.9 Å². The van der Waals surface area contributed by atoms with Gasteiger partial charge in [-0.05, 0) is 30.2 Å². The minimum absolute atomic E-state index is 0.0464. The number of carbonyl (C=O) groups is 1. The lowest BCUT2D eigenvalue weighted by atomic mass is 10.1. The number of nitrogens with zero attached hydrogens (tertiary/aromatic N) is 1. The predicted octanol–water partition coefficient (Wildman–Crippen LogP) is 8.35. The van der Waals surface area contributed by atoms with E-state index in [1.165, 1.54) is 70.6 Å². The number of benzene rings is 2. The molecule has 0 spiro atoms. The summed E-state index contributed by atoms with van der Waals surface area (Å²) in [6, 6.07) is 13.7. The van der Waals surface area contributed by atoms with Crippen LogP contribution in [0.2, 0.25) is 0 Å². The maximum atomic E-state index is 12.9. The van der Waals surface area contributed by atoms with Crippen LogP contribution < -0.4 is 19.4 Å². The Balaban J connectivity index is 1.38. The first-order valence-electron chi connectivity index (χ1n) is 14.8. The number of nitrogens with one attached hydrogen (secondary N) is 1. The van der Waals surface area contributed by atoms with Crippen LogP contribution in [0.3, 0.4) is 0 Å². The predicted molar refractivity (Wildman–Crippen MR) is 162 cm³/mol. The van der Waals surface area contributed by atoms with E-state index in [9.17, 15) is 4.79 Å². The van der Waals surface area contributed by atoms with Crippen LogP contribution in [-0.4, -0.2) is 19.6 Å². The van der Waals surface area contributed by atoms with Crippen molar-refractivity contribution in [1.29, 1.82) is 0 Å². The maximum Gasteiger partial charge on any atom is 0.228 e. The van der Waals surface area contributed by atoms with Gasteiger partial charge in [-0.25, -0.2) is 0 Å². The lowest BCUT2D eigenvalue weighted by molar-refractivity contribution is -0.683. The molecule has 3 aromatic rings. The van der Waals surface area contributed by atoms with Crippen molar-refractivity contribution in [3.8, 4) is 11.5 Å². The second-order valence-electron chi connectivity index (χ2n) is 10.3. The van der Waals surface area contributed by atoms with E-state index in [0.29, 0.717) is 18.1 Å². The first-order chi connectivity index (χ1) is 19.2. The fraction of sp³-hybridized carbons (Fsp3) is 0.515. The number of methoxy groups -OCH3 is 1. The number of rotatable bonds is 20. The molecule has 0 bridgehead atoms. The number of para-hydroxylation sites is 1. The Kier molecular flexibility index (Phi) is 14.5. The summed E-state index contributed by atoms with van der Waals surface area (Å²) in [5.74, 6) is 1.37. The first kappa shape index (κ1) is 30.7. The highest BCUT2D eigenvalue weighted by Crippen LogP contribution is 2.29. The Morgan fingerprint density at radius 1 is 0.872 bits per heavy atom. The maximum absolute atomic E-state index is 12.9. The molecule has 39 heavy (non-hydrogen) atoms. The smallest absolute Gasteiger partial charge is 0.228 e. The zero-order chi connectivity index (χ0) is 27.5. The average molecular weight is 552 g/mol. The second kappa shape index (κ2) is 18.4. The monoisotopic (exact) mass is 551 g/mol. The highest BCUT2D eigenvalue weighted by atomic mass is 32.1. The lowest BCUT2D eigenvalue weighted by Gasteiger charge is -2.13. The fourth-order valence-corrected chi connectivity index (χ4v) is 5.38. The summed E-state index contributed by atoms with van der Waals surface area (Å²) < 4.78 is 13.7. The summed E-state index contributed by atoms with van der Waals surface area (Å²) in [6.45, 7) is 3.66. The molecule has 0 atom stereocenters. The van der Waals surface area contributed by atoms with Gasteiger partial charge in [0.2, 0.25) is 11.4 Å². The van der Waals surface area contributed by atoms with Crippen molar-refractivity contribution >= 4 is 22.9 Å². The Bertz CT molecular complexity index is 1080. The second-order valence-corrected chi connectivity index (χ2v) is 11.1. The number of ether oxygens (including phenoxy) is 2. The zero-order valence-corrected chi connectivity index (χ0v) is 24.8. The minimum atomic E-state index is -0.0464. The summed E-state index contributed by atoms with van der Waals surface area (Å²) in [5.41, 5.74) is 4.89. The number of anilines is 1. The number of thiazole rings is 1. The van der Waals surface area contributed by atoms with Crippen LogP contribution in [0.25, 0.3) is 0 Å². The molecule has 0 aliphatic heterocycles. The molecule has 0 aliphatic carbocycles. The molecule has 0 radical (unpaired) electrons. The van der Waals surface area contributed by atoms with Crippen molar-refractivity contribution in [3.05, 3.63) is 70.7 Å². The SMILES string of the molecule is CCCCCCCCCCCCCCOc1cc(CC(=O)Nc2ccccc2C[n+]2ccsc2)ccc1OC. The molecule has 1 amide bonds. The summed E-state index contributed by atoms with van der Waals surface area (Å²) in [6.07, 6.45) is 18.2. The number of aromatic nitrogens is 1. The van der Waals surface area contributed by atoms with Crippen molar-refractivity contribution in [1.82, 2.24) is 0 Å². The van der Waals surface area contributed by atoms with E-state index in [1.807, 2.05) is 48.0 Å². The largest absolute Gasteiger partial charge is 0.493 e. The third-order valence-electron chi connectivity index (χ3n) is 7.02. The van der Waals surface area contributed by atoms with Gasteiger partial charge in [0.15, 0.2) is 24.2 Å². The standard InChI is InChI=1S/C33H46N2O3S/c1-3-4-5-6-7-8-9-10-11-12-13-16-22-38-32-24-28(19-20-31(32)37-2)25-33(36)34-30-18-15-14-17-29(30)26-35-21-23-39-27-35/h14-15,17-21,23-24,27H,3-13,16,22,25-26H2,1-2H3/p+1. The average Bonchev–Trinajstić information content (AvgIpc) is 3.46. The van der Waals surface area contributed by atoms with Gasteiger partial charge < -0.3 is 14.8 Å². The molecule has 0 saturated carbocycles. The van der Waals surface area contributed by atoms with Crippen LogP contribution in [0, 0.1) is 0 Å². The molecule has 0 saturated heterocycles. The van der Waals surface area contributed by atoms with Crippen LogP contribution in [-0.2, 0) is 17.8 Å². The number of hydrogen-bond acceptors (Lipinski definition) is 4. The van der Waals surface area contributed by atoms with E-state index in [1.54, 1.807) is 18.4 Å². The van der Waals surface area contributed by atoms with E-state index in [-0.39, 0.29) is 12.3 Å². The highest BCUT2D eigenvalue weighted by Gasteiger charge is 2.13. The van der Waals surface area contributed by atoms with Crippen LogP contribution in [0.1, 0.15) is 95.1 Å². The van der Waals surface area contributed by atoms with Gasteiger partial charge >= 0.3 is 0 Å². The molecule has 1 heterocycles.